The molecule has 3 aromatic heterocycles. The second-order valence-corrected chi connectivity index (χ2v) is 8.91. The molecule has 2 aromatic carbocycles. The normalized spacial score (nSPS) is 11.0. The zero-order chi connectivity index (χ0) is 22.8. The third kappa shape index (κ3) is 4.30. The van der Waals surface area contributed by atoms with E-state index >= 15 is 0 Å². The Bertz CT molecular complexity index is 1440. The molecule has 0 aliphatic heterocycles. The monoisotopic (exact) mass is 491 g/mol. The van der Waals surface area contributed by atoms with E-state index in [0.29, 0.717) is 11.2 Å². The Kier molecular flexibility index (Phi) is 6.00. The number of aromatic nitrogens is 4. The number of carbonyl (C=O) groups excluding carboxylic acids is 1. The van der Waals surface area contributed by atoms with Gasteiger partial charge in [-0.05, 0) is 30.3 Å². The standard InChI is InChI=1S/C24H15Cl2N5OS/c25-17-4-2-5-18(26)21(17)24(32)30-19-6-1-3-16-22(19)29-13-20(23(16)31-12-11-28-14-31)33-15-7-9-27-10-8-15/h1-14H,(H,30,32). The zero-order valence-corrected chi connectivity index (χ0v) is 19.3. The van der Waals surface area contributed by atoms with E-state index in [1.807, 2.05) is 35.0 Å². The molecule has 0 fully saturated rings. The highest BCUT2D eigenvalue weighted by Gasteiger charge is 2.18. The molecule has 0 saturated heterocycles. The number of amides is 1. The molecular formula is C24H15Cl2N5OS. The van der Waals surface area contributed by atoms with Crippen molar-refractivity contribution in [3.05, 3.63) is 101 Å². The van der Waals surface area contributed by atoms with Crippen molar-refractivity contribution in [2.24, 2.45) is 0 Å². The summed E-state index contributed by atoms with van der Waals surface area (Å²) in [7, 11) is 0. The summed E-state index contributed by atoms with van der Waals surface area (Å²) in [4.78, 5) is 27.9. The van der Waals surface area contributed by atoms with Crippen LogP contribution in [0.4, 0.5) is 5.69 Å². The van der Waals surface area contributed by atoms with Gasteiger partial charge in [-0.1, -0.05) is 53.2 Å². The molecule has 6 nitrogen and oxygen atoms in total. The number of para-hydroxylation sites is 1. The summed E-state index contributed by atoms with van der Waals surface area (Å²) in [5.74, 6) is -0.403. The van der Waals surface area contributed by atoms with Crippen LogP contribution in [0.2, 0.25) is 10.0 Å². The fraction of sp³-hybridized carbons (Fsp3) is 0. The number of rotatable bonds is 5. The van der Waals surface area contributed by atoms with Crippen molar-refractivity contribution >= 4 is 57.5 Å². The number of benzene rings is 2. The Morgan fingerprint density at radius 1 is 0.939 bits per heavy atom. The van der Waals surface area contributed by atoms with Gasteiger partial charge in [-0.15, -0.1) is 0 Å². The number of nitrogens with zero attached hydrogens (tertiary/aromatic N) is 4. The highest BCUT2D eigenvalue weighted by atomic mass is 35.5. The number of pyridine rings is 2. The number of anilines is 1. The van der Waals surface area contributed by atoms with Gasteiger partial charge < -0.3 is 9.88 Å². The van der Waals surface area contributed by atoms with Crippen molar-refractivity contribution in [2.45, 2.75) is 9.79 Å². The molecule has 0 bridgehead atoms. The number of nitrogens with one attached hydrogen (secondary N) is 1. The predicted molar refractivity (Wildman–Crippen MR) is 132 cm³/mol. The highest BCUT2D eigenvalue weighted by Crippen LogP contribution is 2.37. The molecule has 1 amide bonds. The van der Waals surface area contributed by atoms with Crippen LogP contribution in [0.5, 0.6) is 0 Å². The molecule has 0 radical (unpaired) electrons. The van der Waals surface area contributed by atoms with E-state index in [1.165, 1.54) is 0 Å². The number of imidazole rings is 1. The molecule has 5 aromatic rings. The number of hydrogen-bond acceptors (Lipinski definition) is 5. The van der Waals surface area contributed by atoms with E-state index in [9.17, 15) is 4.79 Å². The molecule has 0 aliphatic rings. The maximum Gasteiger partial charge on any atom is 0.258 e. The van der Waals surface area contributed by atoms with Gasteiger partial charge in [0.2, 0.25) is 0 Å². The van der Waals surface area contributed by atoms with Gasteiger partial charge in [0, 0.05) is 41.3 Å². The van der Waals surface area contributed by atoms with Crippen LogP contribution in [0.15, 0.2) is 95.6 Å². The topological polar surface area (TPSA) is 72.7 Å². The lowest BCUT2D eigenvalue weighted by molar-refractivity contribution is 0.102. The lowest BCUT2D eigenvalue weighted by Gasteiger charge is -2.15. The van der Waals surface area contributed by atoms with Crippen LogP contribution >= 0.6 is 35.0 Å². The van der Waals surface area contributed by atoms with Crippen molar-refractivity contribution in [2.75, 3.05) is 5.32 Å². The summed E-state index contributed by atoms with van der Waals surface area (Å²) in [5, 5.41) is 4.33. The van der Waals surface area contributed by atoms with Crippen LogP contribution < -0.4 is 5.32 Å². The summed E-state index contributed by atoms with van der Waals surface area (Å²) in [6, 6.07) is 14.5. The zero-order valence-electron chi connectivity index (χ0n) is 16.9. The molecule has 1 N–H and O–H groups in total. The number of halogens is 2. The van der Waals surface area contributed by atoms with Crippen molar-refractivity contribution in [3.8, 4) is 5.69 Å². The van der Waals surface area contributed by atoms with E-state index in [-0.39, 0.29) is 15.6 Å². The Balaban J connectivity index is 1.61. The van der Waals surface area contributed by atoms with Gasteiger partial charge in [-0.3, -0.25) is 14.8 Å². The van der Waals surface area contributed by atoms with Crippen molar-refractivity contribution in [3.63, 3.8) is 0 Å². The maximum absolute atomic E-state index is 13.0. The minimum Gasteiger partial charge on any atom is -0.320 e. The summed E-state index contributed by atoms with van der Waals surface area (Å²) in [6.45, 7) is 0. The average molecular weight is 492 g/mol. The Morgan fingerprint density at radius 2 is 1.70 bits per heavy atom. The second-order valence-electron chi connectivity index (χ2n) is 6.98. The molecule has 9 heteroatoms. The summed E-state index contributed by atoms with van der Waals surface area (Å²) < 4.78 is 1.93. The first-order valence-electron chi connectivity index (χ1n) is 9.85. The minimum atomic E-state index is -0.403. The minimum absolute atomic E-state index is 0.220. The van der Waals surface area contributed by atoms with Crippen molar-refractivity contribution in [1.29, 1.82) is 0 Å². The van der Waals surface area contributed by atoms with Crippen molar-refractivity contribution in [1.82, 2.24) is 19.5 Å². The highest BCUT2D eigenvalue weighted by molar-refractivity contribution is 7.99. The van der Waals surface area contributed by atoms with Crippen molar-refractivity contribution < 1.29 is 4.79 Å². The summed E-state index contributed by atoms with van der Waals surface area (Å²) in [6.07, 6.45) is 10.6. The first-order chi connectivity index (χ1) is 16.1. The molecule has 162 valence electrons. The van der Waals surface area contributed by atoms with E-state index < -0.39 is 5.91 Å². The Labute approximate surface area is 203 Å². The van der Waals surface area contributed by atoms with Crippen LogP contribution in [-0.2, 0) is 0 Å². The Morgan fingerprint density at radius 3 is 2.42 bits per heavy atom. The quantitative estimate of drug-likeness (QED) is 0.302. The van der Waals surface area contributed by atoms with Gasteiger partial charge in [0.15, 0.2) is 0 Å². The molecule has 33 heavy (non-hydrogen) atoms. The molecule has 0 atom stereocenters. The number of carbonyl (C=O) groups is 1. The van der Waals surface area contributed by atoms with Crippen LogP contribution in [0.25, 0.3) is 16.6 Å². The Hall–Kier alpha value is -3.39. The van der Waals surface area contributed by atoms with E-state index in [0.717, 1.165) is 20.9 Å². The maximum atomic E-state index is 13.0. The molecule has 0 spiro atoms. The van der Waals surface area contributed by atoms with Gasteiger partial charge in [0.05, 0.1) is 43.7 Å². The fourth-order valence-electron chi connectivity index (χ4n) is 3.46. The van der Waals surface area contributed by atoms with Gasteiger partial charge in [0.25, 0.3) is 5.91 Å². The molecule has 5 rings (SSSR count). The van der Waals surface area contributed by atoms with Crippen LogP contribution in [0.1, 0.15) is 10.4 Å². The molecule has 0 saturated carbocycles. The van der Waals surface area contributed by atoms with E-state index in [1.54, 1.807) is 67.1 Å². The molecule has 3 heterocycles. The second kappa shape index (κ2) is 9.23. The lowest BCUT2D eigenvalue weighted by Crippen LogP contribution is -2.14. The summed E-state index contributed by atoms with van der Waals surface area (Å²) in [5.41, 5.74) is 2.32. The van der Waals surface area contributed by atoms with Crippen LogP contribution in [0.3, 0.4) is 0 Å². The fourth-order valence-corrected chi connectivity index (χ4v) is 4.96. The molecule has 0 unspecified atom stereocenters. The first-order valence-corrected chi connectivity index (χ1v) is 11.4. The number of fused-ring (bicyclic) bond motifs is 1. The van der Waals surface area contributed by atoms with Gasteiger partial charge in [-0.25, -0.2) is 4.98 Å². The lowest BCUT2D eigenvalue weighted by atomic mass is 10.1. The van der Waals surface area contributed by atoms with Gasteiger partial charge >= 0.3 is 0 Å². The summed E-state index contributed by atoms with van der Waals surface area (Å²) >= 11 is 14.0. The van der Waals surface area contributed by atoms with E-state index in [2.05, 4.69) is 20.3 Å². The SMILES string of the molecule is O=C(Nc1cccc2c(-n3ccnc3)c(Sc3ccncc3)cnc12)c1c(Cl)cccc1Cl. The largest absolute Gasteiger partial charge is 0.320 e. The van der Waals surface area contributed by atoms with Crippen LogP contribution in [0, 0.1) is 0 Å². The third-order valence-corrected chi connectivity index (χ3v) is 6.57. The van der Waals surface area contributed by atoms with Gasteiger partial charge in [0.1, 0.15) is 0 Å². The number of hydrogen-bond donors (Lipinski definition) is 1. The molecular weight excluding hydrogens is 477 g/mol. The predicted octanol–water partition coefficient (Wildman–Crippen LogP) is 6.53. The van der Waals surface area contributed by atoms with Crippen LogP contribution in [-0.4, -0.2) is 25.4 Å². The average Bonchev–Trinajstić information content (AvgIpc) is 3.34. The third-order valence-electron chi connectivity index (χ3n) is 4.91. The van der Waals surface area contributed by atoms with E-state index in [4.69, 9.17) is 23.2 Å². The van der Waals surface area contributed by atoms with Gasteiger partial charge in [-0.2, -0.15) is 0 Å². The first kappa shape index (κ1) is 21.5. The smallest absolute Gasteiger partial charge is 0.258 e. The molecule has 0 aliphatic carbocycles.